The van der Waals surface area contributed by atoms with E-state index in [0.29, 0.717) is 6.61 Å². The first kappa shape index (κ1) is 14.0. The second kappa shape index (κ2) is 6.68. The quantitative estimate of drug-likeness (QED) is 0.906. The minimum atomic E-state index is 0.630. The first-order valence-electron chi connectivity index (χ1n) is 6.12. The van der Waals surface area contributed by atoms with Gasteiger partial charge in [0.05, 0.1) is 6.61 Å². The van der Waals surface area contributed by atoms with Gasteiger partial charge in [-0.15, -0.1) is 0 Å². The molecule has 1 aromatic heterocycles. The van der Waals surface area contributed by atoms with Crippen LogP contribution in [0.3, 0.4) is 0 Å². The van der Waals surface area contributed by atoms with Crippen molar-refractivity contribution in [1.29, 1.82) is 0 Å². The average molecular weight is 321 g/mol. The number of nitrogens with one attached hydrogen (secondary N) is 1. The first-order valence-corrected chi connectivity index (χ1v) is 6.91. The number of anilines is 1. The lowest BCUT2D eigenvalue weighted by atomic mass is 10.1. The van der Waals surface area contributed by atoms with Crippen LogP contribution < -0.4 is 5.32 Å². The highest BCUT2D eigenvalue weighted by atomic mass is 79.9. The Balaban J connectivity index is 2.07. The molecule has 0 bridgehead atoms. The van der Waals surface area contributed by atoms with Gasteiger partial charge < -0.3 is 10.1 Å². The van der Waals surface area contributed by atoms with Crippen molar-refractivity contribution in [3.05, 3.63) is 57.7 Å². The minimum Gasteiger partial charge on any atom is -0.380 e. The summed E-state index contributed by atoms with van der Waals surface area (Å²) < 4.78 is 6.23. The van der Waals surface area contributed by atoms with Gasteiger partial charge in [-0.25, -0.2) is 4.98 Å². The van der Waals surface area contributed by atoms with E-state index in [1.807, 2.05) is 24.4 Å². The molecule has 1 N–H and O–H groups in total. The van der Waals surface area contributed by atoms with E-state index in [9.17, 15) is 0 Å². The van der Waals surface area contributed by atoms with Crippen LogP contribution in [0, 0.1) is 6.92 Å². The fourth-order valence-corrected chi connectivity index (χ4v) is 2.06. The summed E-state index contributed by atoms with van der Waals surface area (Å²) in [7, 11) is 1.71. The van der Waals surface area contributed by atoms with Gasteiger partial charge in [0.2, 0.25) is 0 Å². The Kier molecular flexibility index (Phi) is 4.93. The largest absolute Gasteiger partial charge is 0.380 e. The summed E-state index contributed by atoms with van der Waals surface area (Å²) in [6, 6.07) is 10.3. The number of nitrogens with zero attached hydrogens (tertiary/aromatic N) is 1. The molecule has 2 aromatic rings. The third-order valence-corrected chi connectivity index (χ3v) is 3.76. The fourth-order valence-electron chi connectivity index (χ4n) is 1.85. The molecule has 0 saturated carbocycles. The number of methoxy groups -OCH3 is 1. The third kappa shape index (κ3) is 3.78. The van der Waals surface area contributed by atoms with Crippen LogP contribution in [0.1, 0.15) is 16.7 Å². The van der Waals surface area contributed by atoms with Crippen LogP contribution in [0.2, 0.25) is 0 Å². The number of aryl methyl sites for hydroxylation is 1. The van der Waals surface area contributed by atoms with Crippen molar-refractivity contribution in [1.82, 2.24) is 4.98 Å². The standard InChI is InChI=1S/C15H17BrN2O/c1-11-7-15(18-9-14(11)16)17-8-12-5-3-4-6-13(12)10-19-2/h3-7,9H,8,10H2,1-2H3,(H,17,18). The van der Waals surface area contributed by atoms with Gasteiger partial charge in [0.15, 0.2) is 0 Å². The number of hydrogen-bond acceptors (Lipinski definition) is 3. The van der Waals surface area contributed by atoms with Gasteiger partial charge in [-0.3, -0.25) is 0 Å². The van der Waals surface area contributed by atoms with Gasteiger partial charge in [0, 0.05) is 24.3 Å². The van der Waals surface area contributed by atoms with Gasteiger partial charge in [0.1, 0.15) is 5.82 Å². The van der Waals surface area contributed by atoms with Crippen molar-refractivity contribution in [3.63, 3.8) is 0 Å². The molecular weight excluding hydrogens is 304 g/mol. The second-order valence-corrected chi connectivity index (χ2v) is 5.23. The van der Waals surface area contributed by atoms with Gasteiger partial charge in [-0.05, 0) is 45.6 Å². The number of benzene rings is 1. The van der Waals surface area contributed by atoms with E-state index >= 15 is 0 Å². The Morgan fingerprint density at radius 2 is 2.00 bits per heavy atom. The molecule has 0 radical (unpaired) electrons. The molecule has 0 aliphatic heterocycles. The summed E-state index contributed by atoms with van der Waals surface area (Å²) in [6.07, 6.45) is 1.82. The maximum Gasteiger partial charge on any atom is 0.126 e. The fraction of sp³-hybridized carbons (Fsp3) is 0.267. The number of aromatic nitrogens is 1. The SMILES string of the molecule is COCc1ccccc1CNc1cc(C)c(Br)cn1. The third-order valence-electron chi connectivity index (χ3n) is 2.93. The normalized spacial score (nSPS) is 10.5. The smallest absolute Gasteiger partial charge is 0.126 e. The minimum absolute atomic E-state index is 0.630. The number of ether oxygens (including phenoxy) is 1. The Labute approximate surface area is 122 Å². The number of rotatable bonds is 5. The van der Waals surface area contributed by atoms with E-state index in [2.05, 4.69) is 45.3 Å². The zero-order valence-corrected chi connectivity index (χ0v) is 12.7. The molecule has 100 valence electrons. The van der Waals surface area contributed by atoms with Crippen molar-refractivity contribution in [2.45, 2.75) is 20.1 Å². The lowest BCUT2D eigenvalue weighted by molar-refractivity contribution is 0.184. The van der Waals surface area contributed by atoms with Gasteiger partial charge in [-0.2, -0.15) is 0 Å². The summed E-state index contributed by atoms with van der Waals surface area (Å²) in [4.78, 5) is 4.34. The molecule has 0 saturated heterocycles. The molecule has 0 amide bonds. The van der Waals surface area contributed by atoms with E-state index in [-0.39, 0.29) is 0 Å². The molecule has 0 atom stereocenters. The van der Waals surface area contributed by atoms with Crippen LogP contribution >= 0.6 is 15.9 Å². The molecule has 0 spiro atoms. The molecule has 3 nitrogen and oxygen atoms in total. The molecule has 0 unspecified atom stereocenters. The lowest BCUT2D eigenvalue weighted by Gasteiger charge is -2.11. The van der Waals surface area contributed by atoms with Crippen LogP contribution in [0.25, 0.3) is 0 Å². The van der Waals surface area contributed by atoms with Gasteiger partial charge in [0.25, 0.3) is 0 Å². The Morgan fingerprint density at radius 1 is 1.26 bits per heavy atom. The predicted octanol–water partition coefficient (Wildman–Crippen LogP) is 3.91. The van der Waals surface area contributed by atoms with E-state index < -0.39 is 0 Å². The molecule has 1 heterocycles. The summed E-state index contributed by atoms with van der Waals surface area (Å²) in [5, 5.41) is 3.34. The predicted molar refractivity (Wildman–Crippen MR) is 81.2 cm³/mol. The van der Waals surface area contributed by atoms with Crippen LogP contribution in [0.4, 0.5) is 5.82 Å². The van der Waals surface area contributed by atoms with Crippen LogP contribution in [-0.4, -0.2) is 12.1 Å². The van der Waals surface area contributed by atoms with Crippen LogP contribution in [-0.2, 0) is 17.9 Å². The molecule has 2 rings (SSSR count). The summed E-state index contributed by atoms with van der Waals surface area (Å²) >= 11 is 3.45. The Hall–Kier alpha value is -1.39. The molecule has 0 aliphatic carbocycles. The number of pyridine rings is 1. The molecular formula is C15H17BrN2O. The monoisotopic (exact) mass is 320 g/mol. The average Bonchev–Trinajstić information content (AvgIpc) is 2.42. The van der Waals surface area contributed by atoms with Crippen LogP contribution in [0.15, 0.2) is 41.0 Å². The maximum atomic E-state index is 5.21. The maximum absolute atomic E-state index is 5.21. The van der Waals surface area contributed by atoms with Crippen molar-refractivity contribution >= 4 is 21.7 Å². The van der Waals surface area contributed by atoms with Crippen molar-refractivity contribution in [2.24, 2.45) is 0 Å². The molecule has 19 heavy (non-hydrogen) atoms. The molecule has 1 aromatic carbocycles. The molecule has 0 aliphatic rings. The van der Waals surface area contributed by atoms with Gasteiger partial charge >= 0.3 is 0 Å². The zero-order valence-electron chi connectivity index (χ0n) is 11.1. The summed E-state index contributed by atoms with van der Waals surface area (Å²) in [5.41, 5.74) is 3.60. The van der Waals surface area contributed by atoms with Crippen molar-refractivity contribution in [3.8, 4) is 0 Å². The highest BCUT2D eigenvalue weighted by molar-refractivity contribution is 9.10. The number of halogens is 1. The zero-order chi connectivity index (χ0) is 13.7. The summed E-state index contributed by atoms with van der Waals surface area (Å²) in [6.45, 7) is 3.42. The summed E-state index contributed by atoms with van der Waals surface area (Å²) in [5.74, 6) is 0.882. The molecule has 4 heteroatoms. The highest BCUT2D eigenvalue weighted by Crippen LogP contribution is 2.18. The van der Waals surface area contributed by atoms with E-state index in [1.54, 1.807) is 7.11 Å². The van der Waals surface area contributed by atoms with E-state index in [4.69, 9.17) is 4.74 Å². The van der Waals surface area contributed by atoms with Crippen LogP contribution in [0.5, 0.6) is 0 Å². The van der Waals surface area contributed by atoms with Gasteiger partial charge in [-0.1, -0.05) is 24.3 Å². The van der Waals surface area contributed by atoms with Crippen molar-refractivity contribution < 1.29 is 4.74 Å². The first-order chi connectivity index (χ1) is 9.20. The van der Waals surface area contributed by atoms with Crippen molar-refractivity contribution in [2.75, 3.05) is 12.4 Å². The molecule has 0 fully saturated rings. The second-order valence-electron chi connectivity index (χ2n) is 4.37. The Bertz CT molecular complexity index is 558. The topological polar surface area (TPSA) is 34.1 Å². The Morgan fingerprint density at radius 3 is 2.68 bits per heavy atom. The van der Waals surface area contributed by atoms with E-state index in [1.165, 1.54) is 16.7 Å². The number of hydrogen-bond donors (Lipinski definition) is 1. The lowest BCUT2D eigenvalue weighted by Crippen LogP contribution is -2.05. The van der Waals surface area contributed by atoms with E-state index in [0.717, 1.165) is 16.8 Å². The highest BCUT2D eigenvalue weighted by Gasteiger charge is 2.03.